The second-order valence-electron chi connectivity index (χ2n) is 7.80. The summed E-state index contributed by atoms with van der Waals surface area (Å²) in [5.41, 5.74) is 2.74. The van der Waals surface area contributed by atoms with Gasteiger partial charge in [-0.1, -0.05) is 49.7 Å². The Morgan fingerprint density at radius 3 is 2.41 bits per heavy atom. The normalized spacial score (nSPS) is 18.7. The third kappa shape index (κ3) is 3.81. The van der Waals surface area contributed by atoms with E-state index in [0.717, 1.165) is 35.2 Å². The summed E-state index contributed by atoms with van der Waals surface area (Å²) >= 11 is 0. The highest BCUT2D eigenvalue weighted by atomic mass is 19.4. The average Bonchev–Trinajstić information content (AvgIpc) is 2.84. The maximum atomic E-state index is 14.2. The van der Waals surface area contributed by atoms with Gasteiger partial charge in [-0.05, 0) is 48.6 Å². The first-order valence-corrected chi connectivity index (χ1v) is 9.31. The van der Waals surface area contributed by atoms with E-state index < -0.39 is 23.7 Å². The SMILES string of the molecule is CCCCc1cccc2c(C(N3NC(=O)CC3(C)C)C(F)(F)F)cccc12. The van der Waals surface area contributed by atoms with Gasteiger partial charge in [0.1, 0.15) is 0 Å². The molecule has 146 valence electrons. The van der Waals surface area contributed by atoms with E-state index in [1.807, 2.05) is 18.2 Å². The molecule has 1 heterocycles. The smallest absolute Gasteiger partial charge is 0.287 e. The van der Waals surface area contributed by atoms with Crippen LogP contribution in [0.4, 0.5) is 13.2 Å². The Labute approximate surface area is 157 Å². The minimum absolute atomic E-state index is 0.0338. The van der Waals surface area contributed by atoms with E-state index >= 15 is 0 Å². The second-order valence-corrected chi connectivity index (χ2v) is 7.80. The van der Waals surface area contributed by atoms with Crippen LogP contribution in [0.3, 0.4) is 0 Å². The Hall–Kier alpha value is -2.08. The van der Waals surface area contributed by atoms with Gasteiger partial charge < -0.3 is 0 Å². The van der Waals surface area contributed by atoms with E-state index in [9.17, 15) is 18.0 Å². The molecule has 0 radical (unpaired) electrons. The molecule has 0 aliphatic carbocycles. The lowest BCUT2D eigenvalue weighted by molar-refractivity contribution is -0.203. The summed E-state index contributed by atoms with van der Waals surface area (Å²) in [5, 5.41) is 2.51. The van der Waals surface area contributed by atoms with Crippen molar-refractivity contribution in [2.45, 2.75) is 64.2 Å². The highest BCUT2D eigenvalue weighted by molar-refractivity contribution is 5.89. The predicted molar refractivity (Wildman–Crippen MR) is 100 cm³/mol. The summed E-state index contributed by atoms with van der Waals surface area (Å²) in [6.45, 7) is 5.40. The molecule has 1 amide bonds. The number of nitrogens with zero attached hydrogens (tertiary/aromatic N) is 1. The molecule has 3 rings (SSSR count). The van der Waals surface area contributed by atoms with Crippen LogP contribution >= 0.6 is 0 Å². The number of aryl methyl sites for hydroxylation is 1. The van der Waals surface area contributed by atoms with Crippen molar-refractivity contribution in [3.63, 3.8) is 0 Å². The van der Waals surface area contributed by atoms with Crippen LogP contribution in [0.1, 0.15) is 57.2 Å². The van der Waals surface area contributed by atoms with Crippen molar-refractivity contribution in [1.82, 2.24) is 10.4 Å². The number of nitrogens with one attached hydrogen (secondary N) is 1. The summed E-state index contributed by atoms with van der Waals surface area (Å²) in [5.74, 6) is -0.391. The standard InChI is InChI=1S/C21H25F3N2O/c1-4-5-8-14-9-6-11-16-15(14)10-7-12-17(16)19(21(22,23)24)26-20(2,3)13-18(27)25-26/h6-7,9-12,19H,4-5,8,13H2,1-3H3,(H,25,27). The Kier molecular flexibility index (Phi) is 5.21. The van der Waals surface area contributed by atoms with Gasteiger partial charge in [-0.25, -0.2) is 0 Å². The number of benzene rings is 2. The number of hydrogen-bond donors (Lipinski definition) is 1. The molecule has 27 heavy (non-hydrogen) atoms. The maximum Gasteiger partial charge on any atom is 0.409 e. The molecule has 2 aromatic rings. The van der Waals surface area contributed by atoms with Crippen LogP contribution in [-0.2, 0) is 11.2 Å². The molecule has 1 saturated heterocycles. The predicted octanol–water partition coefficient (Wildman–Crippen LogP) is 5.30. The second kappa shape index (κ2) is 7.15. The summed E-state index contributed by atoms with van der Waals surface area (Å²) < 4.78 is 42.5. The number of hydrogen-bond acceptors (Lipinski definition) is 2. The van der Waals surface area contributed by atoms with Crippen molar-refractivity contribution < 1.29 is 18.0 Å². The molecule has 0 bridgehead atoms. The van der Waals surface area contributed by atoms with Gasteiger partial charge in [-0.2, -0.15) is 18.2 Å². The minimum Gasteiger partial charge on any atom is -0.287 e. The Bertz CT molecular complexity index is 845. The van der Waals surface area contributed by atoms with E-state index in [2.05, 4.69) is 12.3 Å². The molecule has 2 aromatic carbocycles. The van der Waals surface area contributed by atoms with Crippen molar-refractivity contribution in [1.29, 1.82) is 0 Å². The number of carbonyl (C=O) groups excluding carboxylic acids is 1. The number of unbranched alkanes of at least 4 members (excludes halogenated alkanes) is 1. The van der Waals surface area contributed by atoms with Crippen LogP contribution in [0.25, 0.3) is 10.8 Å². The van der Waals surface area contributed by atoms with E-state index in [1.165, 1.54) is 6.07 Å². The fourth-order valence-electron chi connectivity index (χ4n) is 3.90. The van der Waals surface area contributed by atoms with E-state index in [1.54, 1.807) is 26.0 Å². The van der Waals surface area contributed by atoms with E-state index in [0.29, 0.717) is 5.39 Å². The molecule has 3 nitrogen and oxygen atoms in total. The molecule has 1 atom stereocenters. The highest BCUT2D eigenvalue weighted by Gasteiger charge is 2.53. The number of rotatable bonds is 5. The largest absolute Gasteiger partial charge is 0.409 e. The number of halogens is 3. The van der Waals surface area contributed by atoms with Crippen LogP contribution in [0, 0.1) is 0 Å². The molecule has 1 unspecified atom stereocenters. The van der Waals surface area contributed by atoms with Crippen molar-refractivity contribution >= 4 is 16.7 Å². The first-order valence-electron chi connectivity index (χ1n) is 9.31. The molecular weight excluding hydrogens is 353 g/mol. The van der Waals surface area contributed by atoms with Gasteiger partial charge in [-0.3, -0.25) is 10.2 Å². The van der Waals surface area contributed by atoms with Crippen LogP contribution < -0.4 is 5.43 Å². The van der Waals surface area contributed by atoms with Gasteiger partial charge in [0, 0.05) is 12.0 Å². The number of hydrazine groups is 1. The topological polar surface area (TPSA) is 32.3 Å². The van der Waals surface area contributed by atoms with Gasteiger partial charge in [0.15, 0.2) is 6.04 Å². The number of fused-ring (bicyclic) bond motifs is 1. The lowest BCUT2D eigenvalue weighted by atomic mass is 9.91. The first kappa shape index (κ1) is 19.7. The van der Waals surface area contributed by atoms with Gasteiger partial charge >= 0.3 is 6.18 Å². The molecule has 1 aliphatic heterocycles. The lowest BCUT2D eigenvalue weighted by Gasteiger charge is -2.38. The van der Waals surface area contributed by atoms with Gasteiger partial charge in [0.2, 0.25) is 5.91 Å². The summed E-state index contributed by atoms with van der Waals surface area (Å²) in [4.78, 5) is 11.8. The molecule has 0 aromatic heterocycles. The highest BCUT2D eigenvalue weighted by Crippen LogP contribution is 2.44. The summed E-state index contributed by atoms with van der Waals surface area (Å²) in [7, 11) is 0. The first-order chi connectivity index (χ1) is 12.6. The zero-order valence-electron chi connectivity index (χ0n) is 15.9. The summed E-state index contributed by atoms with van der Waals surface area (Å²) in [6.07, 6.45) is -1.65. The lowest BCUT2D eigenvalue weighted by Crippen LogP contribution is -2.51. The Morgan fingerprint density at radius 1 is 1.15 bits per heavy atom. The van der Waals surface area contributed by atoms with Gasteiger partial charge in [0.05, 0.1) is 0 Å². The van der Waals surface area contributed by atoms with Crippen molar-refractivity contribution in [3.8, 4) is 0 Å². The molecular formula is C21H25F3N2O. The average molecular weight is 378 g/mol. The third-order valence-electron chi connectivity index (χ3n) is 5.20. The van der Waals surface area contributed by atoms with Crippen LogP contribution in [0.15, 0.2) is 36.4 Å². The molecule has 1 fully saturated rings. The Morgan fingerprint density at radius 2 is 1.81 bits per heavy atom. The quantitative estimate of drug-likeness (QED) is 0.766. The summed E-state index contributed by atoms with van der Waals surface area (Å²) in [6, 6.07) is 8.71. The van der Waals surface area contributed by atoms with E-state index in [4.69, 9.17) is 0 Å². The van der Waals surface area contributed by atoms with E-state index in [-0.39, 0.29) is 12.0 Å². The molecule has 0 spiro atoms. The third-order valence-corrected chi connectivity index (χ3v) is 5.20. The van der Waals surface area contributed by atoms with Crippen molar-refractivity contribution in [2.24, 2.45) is 0 Å². The van der Waals surface area contributed by atoms with Crippen molar-refractivity contribution in [3.05, 3.63) is 47.5 Å². The monoisotopic (exact) mass is 378 g/mol. The molecule has 0 saturated carbocycles. The fourth-order valence-corrected chi connectivity index (χ4v) is 3.90. The minimum atomic E-state index is -4.53. The van der Waals surface area contributed by atoms with Crippen molar-refractivity contribution in [2.75, 3.05) is 0 Å². The number of alkyl halides is 3. The zero-order valence-corrected chi connectivity index (χ0v) is 15.9. The number of carbonyl (C=O) groups is 1. The molecule has 6 heteroatoms. The zero-order chi connectivity index (χ0) is 19.8. The van der Waals surface area contributed by atoms with Crippen LogP contribution in [-0.4, -0.2) is 22.6 Å². The molecule has 1 N–H and O–H groups in total. The maximum absolute atomic E-state index is 14.2. The van der Waals surface area contributed by atoms with Gasteiger partial charge in [-0.15, -0.1) is 0 Å². The fraction of sp³-hybridized carbons (Fsp3) is 0.476. The number of amides is 1. The Balaban J connectivity index is 2.16. The molecule has 1 aliphatic rings. The van der Waals surface area contributed by atoms with Crippen LogP contribution in [0.2, 0.25) is 0 Å². The van der Waals surface area contributed by atoms with Crippen LogP contribution in [0.5, 0.6) is 0 Å². The van der Waals surface area contributed by atoms with Gasteiger partial charge in [0.25, 0.3) is 0 Å².